The molecule has 9 nitrogen and oxygen atoms in total. The molecule has 2 N–H and O–H groups in total. The number of carboxylic acids is 3. The SMILES string of the molecule is CC#CC#CC#CC#CC#CC#CC#CC#CC1N(CCC(=O)[O-])CCN1CCN(CCC(=O)O)CCC(=O)O.[HH].[HH].[HH].[HH].[HH].[HH].[HH].[HH].[HH].[HH].[HH].[HH].[HH].[HH].[HH]. The summed E-state index contributed by atoms with van der Waals surface area (Å²) in [6.45, 7) is 4.44. The number of carboxylic acid groups (broad SMARTS) is 3. The lowest BCUT2D eigenvalue weighted by molar-refractivity contribution is -0.305. The first kappa shape index (κ1) is 32.8. The number of hydrogen-bond donors (Lipinski definition) is 2. The molecule has 0 aliphatic carbocycles. The summed E-state index contributed by atoms with van der Waals surface area (Å²) < 4.78 is 0. The molecule has 0 aromatic carbocycles. The number of carbonyl (C=O) groups is 3. The Kier molecular flexibility index (Phi) is 17.0. The second-order valence-electron chi connectivity index (χ2n) is 7.84. The smallest absolute Gasteiger partial charge is 0.304 e. The highest BCUT2D eigenvalue weighted by atomic mass is 16.4. The topological polar surface area (TPSA) is 124 Å². The van der Waals surface area contributed by atoms with Crippen molar-refractivity contribution >= 4 is 17.9 Å². The fourth-order valence-corrected chi connectivity index (χ4v) is 3.27. The largest absolute Gasteiger partial charge is 0.550 e. The van der Waals surface area contributed by atoms with Crippen molar-refractivity contribution in [1.29, 1.82) is 0 Å². The molecule has 1 saturated heterocycles. The fourth-order valence-electron chi connectivity index (χ4n) is 3.27. The highest BCUT2D eigenvalue weighted by molar-refractivity contribution is 5.67. The highest BCUT2D eigenvalue weighted by Gasteiger charge is 2.30. The number of hydrogen-bond acceptors (Lipinski definition) is 7. The van der Waals surface area contributed by atoms with Crippen molar-refractivity contribution in [3.8, 4) is 94.7 Å². The minimum atomic E-state index is -1.16. The molecule has 9 heteroatoms. The van der Waals surface area contributed by atoms with Crippen LogP contribution in [-0.2, 0) is 14.4 Å². The average molecular weight is 567 g/mol. The second kappa shape index (κ2) is 20.8. The first-order chi connectivity index (χ1) is 19.3. The summed E-state index contributed by atoms with van der Waals surface area (Å²) in [7, 11) is 0. The predicted octanol–water partition coefficient (Wildman–Crippen LogP) is 2.06. The van der Waals surface area contributed by atoms with Crippen LogP contribution < -0.4 is 5.11 Å². The number of carbonyl (C=O) groups excluding carboxylic acids is 1. The third-order valence-electron chi connectivity index (χ3n) is 5.10. The van der Waals surface area contributed by atoms with E-state index in [1.807, 2.05) is 9.80 Å². The van der Waals surface area contributed by atoms with E-state index in [-0.39, 0.29) is 60.3 Å². The normalized spacial score (nSPS) is 13.0. The van der Waals surface area contributed by atoms with Crippen LogP contribution in [0.1, 0.15) is 47.6 Å². The molecule has 1 atom stereocenters. The van der Waals surface area contributed by atoms with Crippen molar-refractivity contribution in [2.75, 3.05) is 45.8 Å². The lowest BCUT2D eigenvalue weighted by Crippen LogP contribution is -2.43. The van der Waals surface area contributed by atoms with Gasteiger partial charge in [-0.1, -0.05) is 11.8 Å². The minimum absolute atomic E-state index is 0. The van der Waals surface area contributed by atoms with Gasteiger partial charge in [-0.05, 0) is 96.2 Å². The lowest BCUT2D eigenvalue weighted by atomic mass is 10.3. The van der Waals surface area contributed by atoms with Gasteiger partial charge < -0.3 is 25.0 Å². The van der Waals surface area contributed by atoms with E-state index >= 15 is 0 Å². The van der Waals surface area contributed by atoms with Crippen LogP contribution in [0.4, 0.5) is 0 Å². The first-order valence-corrected chi connectivity index (χ1v) is 12.1. The summed E-state index contributed by atoms with van der Waals surface area (Å²) in [4.78, 5) is 38.6. The molecule has 0 spiro atoms. The van der Waals surface area contributed by atoms with Crippen LogP contribution in [0.5, 0.6) is 0 Å². The molecular weight excluding hydrogens is 510 g/mol. The summed E-state index contributed by atoms with van der Waals surface area (Å²) in [6.07, 6.45) is -0.780. The monoisotopic (exact) mass is 566 g/mol. The van der Waals surface area contributed by atoms with Crippen LogP contribution in [0, 0.1) is 94.7 Å². The molecule has 0 bridgehead atoms. The average Bonchev–Trinajstić information content (AvgIpc) is 3.30. The molecule has 1 unspecified atom stereocenters. The van der Waals surface area contributed by atoms with Gasteiger partial charge >= 0.3 is 11.9 Å². The Balaban J connectivity index is -0.0000000821. The summed E-state index contributed by atoms with van der Waals surface area (Å²) >= 11 is 0. The van der Waals surface area contributed by atoms with Crippen LogP contribution in [0.15, 0.2) is 0 Å². The van der Waals surface area contributed by atoms with E-state index in [1.165, 1.54) is 0 Å². The summed E-state index contributed by atoms with van der Waals surface area (Å²) in [5, 5.41) is 28.9. The van der Waals surface area contributed by atoms with Gasteiger partial charge in [-0.25, -0.2) is 0 Å². The number of nitrogens with zero attached hydrogens (tertiary/aromatic N) is 3. The molecule has 1 aliphatic heterocycles. The molecule has 1 aliphatic rings. The van der Waals surface area contributed by atoms with E-state index in [4.69, 9.17) is 10.2 Å². The zero-order valence-corrected chi connectivity index (χ0v) is 22.0. The van der Waals surface area contributed by atoms with Gasteiger partial charge in [-0.15, -0.1) is 0 Å². The van der Waals surface area contributed by atoms with E-state index < -0.39 is 24.1 Å². The Morgan fingerprint density at radius 3 is 1.55 bits per heavy atom. The Labute approximate surface area is 257 Å². The molecule has 0 radical (unpaired) electrons. The van der Waals surface area contributed by atoms with Gasteiger partial charge in [0.2, 0.25) is 0 Å². The van der Waals surface area contributed by atoms with Crippen molar-refractivity contribution in [2.24, 2.45) is 0 Å². The standard InChI is InChI=1S/C31H27N3O6.15H2/c1-2-3-4-5-6-7-8-9-10-11-12-13-14-15-16-17-28-33(23-20-31(39)40)26-27-34(28)25-24-32(21-18-29(35)36)22-19-30(37)38;;;;;;;;;;;;;;;/h28H,18-27H2,1H3,(H,35,36)(H,37,38)(H,39,40);15*1H/p-1. The Bertz CT molecular complexity index is 1470. The zero-order valence-electron chi connectivity index (χ0n) is 22.0. The predicted molar refractivity (Wildman–Crippen MR) is 177 cm³/mol. The Morgan fingerprint density at radius 2 is 1.12 bits per heavy atom. The molecule has 1 fully saturated rings. The van der Waals surface area contributed by atoms with Gasteiger partial charge in [0.25, 0.3) is 0 Å². The van der Waals surface area contributed by atoms with Crippen molar-refractivity contribution in [2.45, 2.75) is 32.4 Å². The van der Waals surface area contributed by atoms with Crippen molar-refractivity contribution in [3.63, 3.8) is 0 Å². The number of aliphatic carboxylic acids is 3. The molecule has 0 aromatic rings. The molecule has 0 aromatic heterocycles. The van der Waals surface area contributed by atoms with Crippen LogP contribution in [0.2, 0.25) is 0 Å². The van der Waals surface area contributed by atoms with Gasteiger partial charge in [-0.2, -0.15) is 0 Å². The zero-order chi connectivity index (χ0) is 29.4. The third-order valence-corrected chi connectivity index (χ3v) is 5.10. The van der Waals surface area contributed by atoms with Gasteiger partial charge in [0.15, 0.2) is 0 Å². The lowest BCUT2D eigenvalue weighted by Gasteiger charge is -2.28. The van der Waals surface area contributed by atoms with Crippen LogP contribution in [0.3, 0.4) is 0 Å². The van der Waals surface area contributed by atoms with Gasteiger partial charge in [0.05, 0.1) is 12.8 Å². The van der Waals surface area contributed by atoms with E-state index in [9.17, 15) is 19.5 Å². The molecule has 1 rings (SSSR count). The van der Waals surface area contributed by atoms with E-state index in [0.717, 1.165) is 0 Å². The molecule has 0 amide bonds. The highest BCUT2D eigenvalue weighted by Crippen LogP contribution is 2.14. The van der Waals surface area contributed by atoms with Crippen molar-refractivity contribution < 1.29 is 51.1 Å². The molecular formula is C31H56N3O6-. The molecule has 40 heavy (non-hydrogen) atoms. The maximum absolute atomic E-state index is 11.0. The Hall–Kier alpha value is -5.23. The maximum Gasteiger partial charge on any atom is 0.304 e. The summed E-state index contributed by atoms with van der Waals surface area (Å²) in [5.74, 6) is 38.2. The number of rotatable bonds is 12. The quantitative estimate of drug-likeness (QED) is 0.342. The van der Waals surface area contributed by atoms with Gasteiger partial charge in [-0.3, -0.25) is 19.4 Å². The van der Waals surface area contributed by atoms with Crippen LogP contribution >= 0.6 is 0 Å². The molecule has 1 heterocycles. The van der Waals surface area contributed by atoms with Gasteiger partial charge in [0, 0.05) is 73.2 Å². The third kappa shape index (κ3) is 16.5. The van der Waals surface area contributed by atoms with E-state index in [1.54, 1.807) is 11.8 Å². The second-order valence-corrected chi connectivity index (χ2v) is 7.84. The summed E-state index contributed by atoms with van der Waals surface area (Å²) in [6, 6.07) is 0. The van der Waals surface area contributed by atoms with E-state index in [0.29, 0.717) is 26.2 Å². The van der Waals surface area contributed by atoms with Crippen molar-refractivity contribution in [3.05, 3.63) is 0 Å². The minimum Gasteiger partial charge on any atom is -0.550 e. The fraction of sp³-hybridized carbons (Fsp3) is 0.387. The maximum atomic E-state index is 11.0. The summed E-state index contributed by atoms with van der Waals surface area (Å²) in [5.41, 5.74) is 0. The van der Waals surface area contributed by atoms with Gasteiger partial charge in [0.1, 0.15) is 6.17 Å². The Morgan fingerprint density at radius 1 is 0.700 bits per heavy atom. The molecule has 232 valence electrons. The van der Waals surface area contributed by atoms with Crippen LogP contribution in [-0.4, -0.2) is 94.8 Å². The van der Waals surface area contributed by atoms with Crippen LogP contribution in [0.25, 0.3) is 0 Å². The van der Waals surface area contributed by atoms with E-state index in [2.05, 4.69) is 94.7 Å². The van der Waals surface area contributed by atoms with Crippen molar-refractivity contribution in [1.82, 2.24) is 14.7 Å². The molecule has 0 saturated carbocycles. The first-order valence-electron chi connectivity index (χ1n) is 12.1.